The van der Waals surface area contributed by atoms with Gasteiger partial charge in [0.25, 0.3) is 0 Å². The lowest BCUT2D eigenvalue weighted by molar-refractivity contribution is -0.117. The quantitative estimate of drug-likeness (QED) is 0.276. The van der Waals surface area contributed by atoms with E-state index in [1.807, 2.05) is 18.3 Å². The highest BCUT2D eigenvalue weighted by Crippen LogP contribution is 2.28. The van der Waals surface area contributed by atoms with Gasteiger partial charge in [-0.3, -0.25) is 4.79 Å². The predicted molar refractivity (Wildman–Crippen MR) is 140 cm³/mol. The summed E-state index contributed by atoms with van der Waals surface area (Å²) < 4.78 is 1.52. The Kier molecular flexibility index (Phi) is 7.18. The van der Waals surface area contributed by atoms with Gasteiger partial charge in [0.2, 0.25) is 5.91 Å². The maximum Gasteiger partial charge on any atom is 0.244 e. The first kappa shape index (κ1) is 23.5. The number of tetrazole rings is 1. The number of imidazole rings is 1. The van der Waals surface area contributed by atoms with Crippen molar-refractivity contribution in [2.45, 2.75) is 25.3 Å². The average molecular weight is 501 g/mol. The third-order valence-corrected chi connectivity index (χ3v) is 6.10. The van der Waals surface area contributed by atoms with Crippen LogP contribution in [-0.4, -0.2) is 42.6 Å². The summed E-state index contributed by atoms with van der Waals surface area (Å²) in [5.74, 6) is 0.447. The van der Waals surface area contributed by atoms with Crippen molar-refractivity contribution in [2.24, 2.45) is 0 Å². The number of anilines is 1. The van der Waals surface area contributed by atoms with Crippen LogP contribution in [0.2, 0.25) is 5.02 Å². The van der Waals surface area contributed by atoms with E-state index in [1.165, 1.54) is 17.1 Å². The van der Waals surface area contributed by atoms with E-state index in [9.17, 15) is 4.79 Å². The van der Waals surface area contributed by atoms with Gasteiger partial charge in [0, 0.05) is 34.5 Å². The number of benzene rings is 2. The Morgan fingerprint density at radius 2 is 2.11 bits per heavy atom. The Morgan fingerprint density at radius 3 is 3.00 bits per heavy atom. The number of halogens is 1. The molecule has 0 fully saturated rings. The van der Waals surface area contributed by atoms with E-state index in [2.05, 4.69) is 60.4 Å². The number of carbonyl (C=O) groups excluding carboxylic acids is 1. The summed E-state index contributed by atoms with van der Waals surface area (Å²) in [4.78, 5) is 21.0. The Balaban J connectivity index is 1.38. The lowest BCUT2D eigenvalue weighted by atomic mass is 10.1. The first-order chi connectivity index (χ1) is 17.7. The van der Waals surface area contributed by atoms with Crippen molar-refractivity contribution in [3.63, 3.8) is 0 Å². The summed E-state index contributed by atoms with van der Waals surface area (Å²) >= 11 is 6.19. The number of nitrogens with zero attached hydrogens (tertiary/aromatic N) is 5. The highest BCUT2D eigenvalue weighted by Gasteiger charge is 2.18. The van der Waals surface area contributed by atoms with Gasteiger partial charge in [-0.15, -0.1) is 5.10 Å². The van der Waals surface area contributed by atoms with E-state index in [1.54, 1.807) is 24.3 Å². The first-order valence-corrected chi connectivity index (χ1v) is 12.1. The van der Waals surface area contributed by atoms with Crippen LogP contribution in [-0.2, 0) is 4.79 Å². The summed E-state index contributed by atoms with van der Waals surface area (Å²) in [6.45, 7) is 0.878. The number of aromatic amines is 1. The van der Waals surface area contributed by atoms with E-state index >= 15 is 0 Å². The van der Waals surface area contributed by atoms with Crippen LogP contribution >= 0.6 is 11.6 Å². The molecule has 1 atom stereocenters. The Morgan fingerprint density at radius 1 is 1.19 bits per heavy atom. The largest absolute Gasteiger partial charge is 0.384 e. The van der Waals surface area contributed by atoms with E-state index < -0.39 is 0 Å². The molecule has 2 bridgehead atoms. The second-order valence-electron chi connectivity index (χ2n) is 8.36. The van der Waals surface area contributed by atoms with Crippen LogP contribution in [0.1, 0.15) is 36.7 Å². The smallest absolute Gasteiger partial charge is 0.244 e. The molecule has 3 N–H and O–H groups in total. The maximum atomic E-state index is 13.0. The van der Waals surface area contributed by atoms with Crippen LogP contribution in [0, 0.1) is 0 Å². The number of nitrogens with one attached hydrogen (secondary N) is 3. The lowest BCUT2D eigenvalue weighted by Gasteiger charge is -2.14. The summed E-state index contributed by atoms with van der Waals surface area (Å²) in [6, 6.07) is 13.1. The topological polar surface area (TPSA) is 113 Å². The highest BCUT2D eigenvalue weighted by atomic mass is 35.5. The van der Waals surface area contributed by atoms with Crippen LogP contribution in [0.3, 0.4) is 0 Å². The van der Waals surface area contributed by atoms with Crippen LogP contribution in [0.25, 0.3) is 23.0 Å². The number of amides is 1. The molecule has 0 saturated carbocycles. The Hall–Kier alpha value is -4.24. The van der Waals surface area contributed by atoms with Gasteiger partial charge in [0.15, 0.2) is 0 Å². The van der Waals surface area contributed by atoms with Crippen LogP contribution < -0.4 is 10.6 Å². The molecule has 4 aromatic rings. The fraction of sp³-hybridized carbons (Fsp3) is 0.192. The van der Waals surface area contributed by atoms with Crippen molar-refractivity contribution in [3.8, 4) is 16.9 Å². The van der Waals surface area contributed by atoms with Crippen molar-refractivity contribution in [1.82, 2.24) is 35.5 Å². The van der Waals surface area contributed by atoms with E-state index in [0.717, 1.165) is 36.3 Å². The van der Waals surface area contributed by atoms with Crippen molar-refractivity contribution in [2.75, 3.05) is 11.9 Å². The lowest BCUT2D eigenvalue weighted by Crippen LogP contribution is -2.27. The summed E-state index contributed by atoms with van der Waals surface area (Å²) in [6.07, 6.45) is 13.3. The Labute approximate surface area is 213 Å². The minimum Gasteiger partial charge on any atom is -0.384 e. The van der Waals surface area contributed by atoms with Gasteiger partial charge in [-0.25, -0.2) is 4.98 Å². The molecule has 1 aliphatic heterocycles. The summed E-state index contributed by atoms with van der Waals surface area (Å²) in [5, 5.41) is 18.4. The molecule has 182 valence electrons. The van der Waals surface area contributed by atoms with Gasteiger partial charge in [-0.05, 0) is 60.0 Å². The molecule has 5 rings (SSSR count). The molecule has 2 aromatic carbocycles. The number of para-hydroxylation sites is 1. The van der Waals surface area contributed by atoms with Gasteiger partial charge >= 0.3 is 0 Å². The van der Waals surface area contributed by atoms with Gasteiger partial charge in [-0.1, -0.05) is 42.0 Å². The van der Waals surface area contributed by atoms with Crippen molar-refractivity contribution in [3.05, 3.63) is 89.6 Å². The standard InChI is InChI=1S/C26H25ClN8O/c27-19-11-12-24(35-17-30-33-34-35)18(15-19)10-13-25(36)31-22-9-3-1-2-6-14-28-21-8-5-4-7-20(21)23-16-29-26(22)32-23/h1,3-5,7-8,10-13,15-17,22,28H,2,6,9,14H2,(H,29,32)(H,31,36)/b3-1-,13-10+/t22-/m0/s1. The van der Waals surface area contributed by atoms with Crippen molar-refractivity contribution < 1.29 is 4.79 Å². The number of rotatable bonds is 4. The second-order valence-corrected chi connectivity index (χ2v) is 8.79. The van der Waals surface area contributed by atoms with Crippen molar-refractivity contribution >= 4 is 29.3 Å². The third kappa shape index (κ3) is 5.52. The molecule has 0 saturated heterocycles. The molecule has 10 heteroatoms. The van der Waals surface area contributed by atoms with E-state index in [4.69, 9.17) is 11.6 Å². The van der Waals surface area contributed by atoms with Crippen LogP contribution in [0.15, 0.2) is 73.2 Å². The Bertz CT molecular complexity index is 1390. The molecule has 0 aliphatic carbocycles. The number of carbonyl (C=O) groups is 1. The maximum absolute atomic E-state index is 13.0. The summed E-state index contributed by atoms with van der Waals surface area (Å²) in [5.41, 5.74) is 4.42. The summed E-state index contributed by atoms with van der Waals surface area (Å²) in [7, 11) is 0. The monoisotopic (exact) mass is 500 g/mol. The number of fused-ring (bicyclic) bond motifs is 4. The molecule has 2 aromatic heterocycles. The number of hydrogen-bond acceptors (Lipinski definition) is 6. The number of allylic oxidation sites excluding steroid dienone is 1. The van der Waals surface area contributed by atoms with Crippen molar-refractivity contribution in [1.29, 1.82) is 0 Å². The molecule has 0 spiro atoms. The zero-order valence-electron chi connectivity index (χ0n) is 19.4. The average Bonchev–Trinajstić information content (AvgIpc) is 3.59. The molecule has 36 heavy (non-hydrogen) atoms. The molecule has 0 radical (unpaired) electrons. The molecule has 1 aliphatic rings. The van der Waals surface area contributed by atoms with Gasteiger partial charge in [0.1, 0.15) is 12.2 Å². The SMILES string of the molecule is O=C(/C=C/c1cc(Cl)ccc1-n1cnnn1)N[C@H]1C/C=C\CCCNc2ccccc2-c2cnc1[nH]2. The van der Waals surface area contributed by atoms with Crippen LogP contribution in [0.4, 0.5) is 5.69 Å². The third-order valence-electron chi connectivity index (χ3n) is 5.86. The molecular formula is C26H25ClN8O. The highest BCUT2D eigenvalue weighted by molar-refractivity contribution is 6.30. The molecule has 1 amide bonds. The van der Waals surface area contributed by atoms with E-state index in [0.29, 0.717) is 28.5 Å². The van der Waals surface area contributed by atoms with Crippen LogP contribution in [0.5, 0.6) is 0 Å². The zero-order valence-corrected chi connectivity index (χ0v) is 20.2. The molecular weight excluding hydrogens is 476 g/mol. The minimum atomic E-state index is -0.314. The molecule has 9 nitrogen and oxygen atoms in total. The number of aromatic nitrogens is 6. The fourth-order valence-electron chi connectivity index (χ4n) is 4.08. The number of H-pyrrole nitrogens is 1. The number of hydrogen-bond donors (Lipinski definition) is 3. The zero-order chi connectivity index (χ0) is 24.7. The first-order valence-electron chi connectivity index (χ1n) is 11.7. The fourth-order valence-corrected chi connectivity index (χ4v) is 4.26. The van der Waals surface area contributed by atoms with Gasteiger partial charge in [-0.2, -0.15) is 4.68 Å². The minimum absolute atomic E-state index is 0.250. The van der Waals surface area contributed by atoms with E-state index in [-0.39, 0.29) is 11.9 Å². The van der Waals surface area contributed by atoms with Gasteiger partial charge < -0.3 is 15.6 Å². The molecule has 0 unspecified atom stereocenters. The predicted octanol–water partition coefficient (Wildman–Crippen LogP) is 4.73. The molecule has 3 heterocycles. The second kappa shape index (κ2) is 11.0. The normalized spacial score (nSPS) is 16.8. The van der Waals surface area contributed by atoms with Gasteiger partial charge in [0.05, 0.1) is 23.6 Å².